The number of aryl methyl sites for hydroxylation is 1. The quantitative estimate of drug-likeness (QED) is 0.712. The van der Waals surface area contributed by atoms with Crippen LogP contribution in [0.3, 0.4) is 0 Å². The number of anilines is 3. The Hall–Kier alpha value is -3.07. The maximum atomic E-state index is 12.4. The number of carbonyl (C=O) groups is 1. The van der Waals surface area contributed by atoms with Gasteiger partial charge in [-0.1, -0.05) is 48.0 Å². The minimum absolute atomic E-state index is 0.118. The Morgan fingerprint density at radius 1 is 0.739 bits per heavy atom. The third kappa shape index (κ3) is 3.77. The van der Waals surface area contributed by atoms with Crippen molar-refractivity contribution in [2.45, 2.75) is 6.92 Å². The molecule has 3 nitrogen and oxygen atoms in total. The number of hydrogen-bond acceptors (Lipinski definition) is 2. The number of benzene rings is 3. The van der Waals surface area contributed by atoms with Crippen LogP contribution in [-0.2, 0) is 0 Å². The van der Waals surface area contributed by atoms with Crippen molar-refractivity contribution < 1.29 is 4.79 Å². The van der Waals surface area contributed by atoms with E-state index in [2.05, 4.69) is 10.6 Å². The summed E-state index contributed by atoms with van der Waals surface area (Å²) in [5.41, 5.74) is 4.36. The van der Waals surface area contributed by atoms with Crippen molar-refractivity contribution in [3.63, 3.8) is 0 Å². The maximum absolute atomic E-state index is 12.4. The number of hydrogen-bond donors (Lipinski definition) is 2. The molecule has 3 rings (SSSR count). The average molecular weight is 302 g/mol. The van der Waals surface area contributed by atoms with Crippen molar-refractivity contribution in [2.75, 3.05) is 10.6 Å². The van der Waals surface area contributed by atoms with Crippen LogP contribution in [0.25, 0.3) is 0 Å². The largest absolute Gasteiger partial charge is 0.354 e. The first-order valence-corrected chi connectivity index (χ1v) is 7.51. The number of amides is 1. The zero-order valence-electron chi connectivity index (χ0n) is 12.9. The minimum Gasteiger partial charge on any atom is -0.354 e. The molecule has 0 aliphatic heterocycles. The topological polar surface area (TPSA) is 41.1 Å². The number of carbonyl (C=O) groups excluding carboxylic acids is 1. The molecule has 0 saturated heterocycles. The molecule has 0 spiro atoms. The molecule has 3 heteroatoms. The van der Waals surface area contributed by atoms with E-state index in [1.807, 2.05) is 85.8 Å². The van der Waals surface area contributed by atoms with Gasteiger partial charge < -0.3 is 10.6 Å². The van der Waals surface area contributed by atoms with Gasteiger partial charge in [0.1, 0.15) is 0 Å². The van der Waals surface area contributed by atoms with Crippen molar-refractivity contribution in [1.82, 2.24) is 0 Å². The first-order chi connectivity index (χ1) is 11.2. The molecular weight excluding hydrogens is 284 g/mol. The van der Waals surface area contributed by atoms with Gasteiger partial charge in [-0.05, 0) is 43.3 Å². The van der Waals surface area contributed by atoms with Gasteiger partial charge >= 0.3 is 0 Å². The van der Waals surface area contributed by atoms with Crippen LogP contribution in [0.1, 0.15) is 15.9 Å². The summed E-state index contributed by atoms with van der Waals surface area (Å²) in [6, 6.07) is 25.1. The summed E-state index contributed by atoms with van der Waals surface area (Å²) in [5, 5.41) is 6.29. The molecule has 1 amide bonds. The monoisotopic (exact) mass is 302 g/mol. The van der Waals surface area contributed by atoms with Crippen LogP contribution in [-0.4, -0.2) is 5.91 Å². The summed E-state index contributed by atoms with van der Waals surface area (Å²) >= 11 is 0. The van der Waals surface area contributed by atoms with E-state index in [9.17, 15) is 4.79 Å². The predicted molar refractivity (Wildman–Crippen MR) is 95.3 cm³/mol. The van der Waals surface area contributed by atoms with Crippen LogP contribution in [0.2, 0.25) is 0 Å². The van der Waals surface area contributed by atoms with Gasteiger partial charge in [-0.3, -0.25) is 4.79 Å². The Labute approximate surface area is 136 Å². The molecule has 0 aliphatic carbocycles. The fourth-order valence-electron chi connectivity index (χ4n) is 2.28. The second-order valence-electron chi connectivity index (χ2n) is 5.36. The summed E-state index contributed by atoms with van der Waals surface area (Å²) in [6.07, 6.45) is 0. The van der Waals surface area contributed by atoms with Crippen molar-refractivity contribution in [3.05, 3.63) is 90.0 Å². The number of rotatable bonds is 4. The molecule has 0 unspecified atom stereocenters. The average Bonchev–Trinajstić information content (AvgIpc) is 2.58. The van der Waals surface area contributed by atoms with E-state index < -0.39 is 0 Å². The summed E-state index contributed by atoms with van der Waals surface area (Å²) in [5.74, 6) is -0.118. The molecule has 0 aliphatic rings. The van der Waals surface area contributed by atoms with Crippen molar-refractivity contribution in [2.24, 2.45) is 0 Å². The molecule has 0 radical (unpaired) electrons. The summed E-state index contributed by atoms with van der Waals surface area (Å²) < 4.78 is 0. The molecule has 23 heavy (non-hydrogen) atoms. The van der Waals surface area contributed by atoms with Crippen molar-refractivity contribution in [1.29, 1.82) is 0 Å². The lowest BCUT2D eigenvalue weighted by atomic mass is 10.1. The lowest BCUT2D eigenvalue weighted by molar-refractivity contribution is 0.102. The normalized spacial score (nSPS) is 10.1. The molecule has 0 heterocycles. The smallest absolute Gasteiger partial charge is 0.255 e. The van der Waals surface area contributed by atoms with E-state index in [0.29, 0.717) is 5.56 Å². The summed E-state index contributed by atoms with van der Waals surface area (Å²) in [4.78, 5) is 12.4. The molecule has 0 aromatic heterocycles. The highest BCUT2D eigenvalue weighted by molar-refractivity contribution is 6.06. The maximum Gasteiger partial charge on any atom is 0.255 e. The van der Waals surface area contributed by atoms with Gasteiger partial charge in [0.2, 0.25) is 0 Å². The van der Waals surface area contributed by atoms with E-state index in [1.165, 1.54) is 0 Å². The van der Waals surface area contributed by atoms with Crippen LogP contribution in [0.15, 0.2) is 78.9 Å². The Kier molecular flexibility index (Phi) is 4.39. The van der Waals surface area contributed by atoms with Crippen LogP contribution in [0, 0.1) is 6.92 Å². The SMILES string of the molecule is Cc1ccc(C(=O)Nc2ccccc2Nc2ccccc2)cc1. The fraction of sp³-hybridized carbons (Fsp3) is 0.0500. The van der Waals surface area contributed by atoms with E-state index in [1.54, 1.807) is 0 Å². The zero-order chi connectivity index (χ0) is 16.1. The second-order valence-corrected chi connectivity index (χ2v) is 5.36. The molecule has 0 fully saturated rings. The van der Waals surface area contributed by atoms with E-state index >= 15 is 0 Å². The minimum atomic E-state index is -0.118. The van der Waals surface area contributed by atoms with Gasteiger partial charge in [0.05, 0.1) is 11.4 Å². The highest BCUT2D eigenvalue weighted by Gasteiger charge is 2.08. The number of nitrogens with one attached hydrogen (secondary N) is 2. The van der Waals surface area contributed by atoms with Crippen LogP contribution < -0.4 is 10.6 Å². The van der Waals surface area contributed by atoms with Gasteiger partial charge in [-0.15, -0.1) is 0 Å². The van der Waals surface area contributed by atoms with Gasteiger partial charge in [0, 0.05) is 11.3 Å². The lowest BCUT2D eigenvalue weighted by Gasteiger charge is -2.13. The Morgan fingerprint density at radius 3 is 2.04 bits per heavy atom. The molecule has 2 N–H and O–H groups in total. The molecule has 0 saturated carbocycles. The van der Waals surface area contributed by atoms with Crippen LogP contribution in [0.4, 0.5) is 17.1 Å². The predicted octanol–water partition coefficient (Wildman–Crippen LogP) is 4.99. The van der Waals surface area contributed by atoms with E-state index in [-0.39, 0.29) is 5.91 Å². The standard InChI is InChI=1S/C20H18N2O/c1-15-11-13-16(14-12-15)20(23)22-19-10-6-5-9-18(19)21-17-7-3-2-4-8-17/h2-14,21H,1H3,(H,22,23). The van der Waals surface area contributed by atoms with Crippen molar-refractivity contribution in [3.8, 4) is 0 Å². The lowest BCUT2D eigenvalue weighted by Crippen LogP contribution is -2.13. The fourth-order valence-corrected chi connectivity index (χ4v) is 2.28. The molecule has 3 aromatic carbocycles. The van der Waals surface area contributed by atoms with Crippen LogP contribution in [0.5, 0.6) is 0 Å². The second kappa shape index (κ2) is 6.79. The van der Waals surface area contributed by atoms with E-state index in [4.69, 9.17) is 0 Å². The summed E-state index contributed by atoms with van der Waals surface area (Å²) in [6.45, 7) is 2.00. The first kappa shape index (κ1) is 14.9. The van der Waals surface area contributed by atoms with E-state index in [0.717, 1.165) is 22.6 Å². The molecule has 0 bridgehead atoms. The third-order valence-electron chi connectivity index (χ3n) is 3.54. The molecule has 114 valence electrons. The highest BCUT2D eigenvalue weighted by Crippen LogP contribution is 2.25. The van der Waals surface area contributed by atoms with Crippen LogP contribution >= 0.6 is 0 Å². The third-order valence-corrected chi connectivity index (χ3v) is 3.54. The molecular formula is C20H18N2O. The van der Waals surface area contributed by atoms with Crippen molar-refractivity contribution >= 4 is 23.0 Å². The van der Waals surface area contributed by atoms with Gasteiger partial charge in [-0.25, -0.2) is 0 Å². The number of para-hydroxylation sites is 3. The molecule has 0 atom stereocenters. The highest BCUT2D eigenvalue weighted by atomic mass is 16.1. The van der Waals surface area contributed by atoms with Gasteiger partial charge in [-0.2, -0.15) is 0 Å². The summed E-state index contributed by atoms with van der Waals surface area (Å²) in [7, 11) is 0. The molecule has 3 aromatic rings. The Balaban J connectivity index is 1.80. The van der Waals surface area contributed by atoms with Gasteiger partial charge in [0.15, 0.2) is 0 Å². The Bertz CT molecular complexity index is 795. The zero-order valence-corrected chi connectivity index (χ0v) is 12.9. The van der Waals surface area contributed by atoms with Gasteiger partial charge in [0.25, 0.3) is 5.91 Å². The Morgan fingerprint density at radius 2 is 1.35 bits per heavy atom. The first-order valence-electron chi connectivity index (χ1n) is 7.51.